The number of ether oxygens (including phenoxy) is 1. The third-order valence-electron chi connectivity index (χ3n) is 4.60. The van der Waals surface area contributed by atoms with E-state index in [1.54, 1.807) is 11.0 Å². The standard InChI is InChI=1S/C16H24N4O4/c21-15(17-14-4-9-24-18-14)12-20(16(22)13-2-1-3-13)6-5-19-7-10-23-11-8-19/h4,9,13H,1-3,5-8,10-12H2,(H,17,18,21). The fourth-order valence-corrected chi connectivity index (χ4v) is 2.90. The highest BCUT2D eigenvalue weighted by Gasteiger charge is 2.30. The van der Waals surface area contributed by atoms with Crippen molar-refractivity contribution in [2.24, 2.45) is 5.92 Å². The zero-order valence-electron chi connectivity index (χ0n) is 13.8. The number of anilines is 1. The molecule has 0 radical (unpaired) electrons. The molecule has 0 unspecified atom stereocenters. The van der Waals surface area contributed by atoms with E-state index in [0.717, 1.165) is 52.1 Å². The van der Waals surface area contributed by atoms with Gasteiger partial charge in [-0.3, -0.25) is 14.5 Å². The van der Waals surface area contributed by atoms with Gasteiger partial charge in [-0.05, 0) is 12.8 Å². The molecule has 8 heteroatoms. The molecular formula is C16H24N4O4. The van der Waals surface area contributed by atoms with Crippen LogP contribution in [0.4, 0.5) is 5.82 Å². The normalized spacial score (nSPS) is 18.8. The third kappa shape index (κ3) is 4.55. The quantitative estimate of drug-likeness (QED) is 0.783. The molecule has 24 heavy (non-hydrogen) atoms. The summed E-state index contributed by atoms with van der Waals surface area (Å²) in [5.74, 6) is 0.280. The molecule has 0 bridgehead atoms. The molecule has 2 fully saturated rings. The van der Waals surface area contributed by atoms with E-state index in [-0.39, 0.29) is 24.3 Å². The Kier molecular flexibility index (Phi) is 5.81. The van der Waals surface area contributed by atoms with Crippen LogP contribution in [0.15, 0.2) is 16.9 Å². The van der Waals surface area contributed by atoms with E-state index in [0.29, 0.717) is 12.4 Å². The number of rotatable bonds is 7. The molecular weight excluding hydrogens is 312 g/mol. The van der Waals surface area contributed by atoms with Gasteiger partial charge in [-0.25, -0.2) is 0 Å². The second-order valence-corrected chi connectivity index (χ2v) is 6.27. The summed E-state index contributed by atoms with van der Waals surface area (Å²) in [6.07, 6.45) is 4.35. The van der Waals surface area contributed by atoms with Crippen molar-refractivity contribution in [3.05, 3.63) is 12.3 Å². The molecule has 3 rings (SSSR count). The van der Waals surface area contributed by atoms with Crippen LogP contribution in [0.3, 0.4) is 0 Å². The molecule has 2 amide bonds. The number of carbonyl (C=O) groups is 2. The van der Waals surface area contributed by atoms with Crippen molar-refractivity contribution in [3.8, 4) is 0 Å². The minimum Gasteiger partial charge on any atom is -0.379 e. The molecule has 0 aromatic carbocycles. The first-order chi connectivity index (χ1) is 11.7. The molecule has 1 N–H and O–H groups in total. The van der Waals surface area contributed by atoms with Gasteiger partial charge in [0.2, 0.25) is 11.8 Å². The number of carbonyl (C=O) groups excluding carboxylic acids is 2. The smallest absolute Gasteiger partial charge is 0.245 e. The van der Waals surface area contributed by atoms with Crippen molar-refractivity contribution in [3.63, 3.8) is 0 Å². The molecule has 1 aromatic rings. The Morgan fingerprint density at radius 2 is 2.12 bits per heavy atom. The second-order valence-electron chi connectivity index (χ2n) is 6.27. The van der Waals surface area contributed by atoms with Crippen LogP contribution in [0.25, 0.3) is 0 Å². The summed E-state index contributed by atoms with van der Waals surface area (Å²) in [6, 6.07) is 1.57. The molecule has 8 nitrogen and oxygen atoms in total. The third-order valence-corrected chi connectivity index (χ3v) is 4.60. The molecule has 1 aliphatic heterocycles. The summed E-state index contributed by atoms with van der Waals surface area (Å²) in [6.45, 7) is 4.56. The fourth-order valence-electron chi connectivity index (χ4n) is 2.90. The zero-order valence-corrected chi connectivity index (χ0v) is 13.8. The van der Waals surface area contributed by atoms with Crippen LogP contribution in [-0.2, 0) is 14.3 Å². The van der Waals surface area contributed by atoms with Gasteiger partial charge in [0.15, 0.2) is 5.82 Å². The van der Waals surface area contributed by atoms with E-state index in [2.05, 4.69) is 15.4 Å². The number of hydrogen-bond acceptors (Lipinski definition) is 6. The molecule has 0 atom stereocenters. The first-order valence-electron chi connectivity index (χ1n) is 8.51. The Hall–Kier alpha value is -1.93. The van der Waals surface area contributed by atoms with Crippen molar-refractivity contribution in [2.45, 2.75) is 19.3 Å². The van der Waals surface area contributed by atoms with Gasteiger partial charge < -0.3 is 19.5 Å². The first kappa shape index (κ1) is 16.9. The summed E-state index contributed by atoms with van der Waals surface area (Å²) in [5.41, 5.74) is 0. The van der Waals surface area contributed by atoms with Crippen LogP contribution in [0.1, 0.15) is 19.3 Å². The molecule has 1 saturated heterocycles. The van der Waals surface area contributed by atoms with Crippen LogP contribution in [0.2, 0.25) is 0 Å². The largest absolute Gasteiger partial charge is 0.379 e. The van der Waals surface area contributed by atoms with Crippen molar-refractivity contribution in [1.29, 1.82) is 0 Å². The summed E-state index contributed by atoms with van der Waals surface area (Å²) in [5, 5.41) is 6.31. The lowest BCUT2D eigenvalue weighted by Crippen LogP contribution is -2.48. The van der Waals surface area contributed by atoms with Gasteiger partial charge in [-0.1, -0.05) is 11.6 Å². The predicted molar refractivity (Wildman–Crippen MR) is 86.3 cm³/mol. The minimum absolute atomic E-state index is 0.0481. The van der Waals surface area contributed by atoms with Crippen molar-refractivity contribution >= 4 is 17.6 Å². The van der Waals surface area contributed by atoms with E-state index >= 15 is 0 Å². The Balaban J connectivity index is 1.53. The Labute approximate surface area is 141 Å². The van der Waals surface area contributed by atoms with E-state index in [1.165, 1.54) is 6.26 Å². The Morgan fingerprint density at radius 1 is 1.33 bits per heavy atom. The maximum atomic E-state index is 12.6. The highest BCUT2D eigenvalue weighted by Crippen LogP contribution is 2.28. The SMILES string of the molecule is O=C(CN(CCN1CCOCC1)C(=O)C1CCC1)Nc1ccon1. The Morgan fingerprint density at radius 3 is 2.75 bits per heavy atom. The molecule has 1 saturated carbocycles. The second kappa shape index (κ2) is 8.25. The van der Waals surface area contributed by atoms with Crippen LogP contribution < -0.4 is 5.32 Å². The summed E-state index contributed by atoms with van der Waals surface area (Å²) in [7, 11) is 0. The highest BCUT2D eigenvalue weighted by atomic mass is 16.5. The summed E-state index contributed by atoms with van der Waals surface area (Å²) >= 11 is 0. The van der Waals surface area contributed by atoms with Crippen LogP contribution in [-0.4, -0.2) is 72.7 Å². The number of aromatic nitrogens is 1. The highest BCUT2D eigenvalue weighted by molar-refractivity contribution is 5.94. The molecule has 2 aliphatic rings. The van der Waals surface area contributed by atoms with Gasteiger partial charge in [0, 0.05) is 38.2 Å². The van der Waals surface area contributed by atoms with Gasteiger partial charge in [-0.15, -0.1) is 0 Å². The topological polar surface area (TPSA) is 87.9 Å². The molecule has 1 aromatic heterocycles. The van der Waals surface area contributed by atoms with Gasteiger partial charge in [0.1, 0.15) is 6.26 Å². The van der Waals surface area contributed by atoms with Gasteiger partial charge in [-0.2, -0.15) is 0 Å². The number of hydrogen-bond donors (Lipinski definition) is 1. The van der Waals surface area contributed by atoms with Crippen LogP contribution >= 0.6 is 0 Å². The number of amides is 2. The van der Waals surface area contributed by atoms with Gasteiger partial charge >= 0.3 is 0 Å². The predicted octanol–water partition coefficient (Wildman–Crippen LogP) is 0.574. The van der Waals surface area contributed by atoms with Gasteiger partial charge in [0.25, 0.3) is 0 Å². The summed E-state index contributed by atoms with van der Waals surface area (Å²) in [4.78, 5) is 28.7. The average Bonchev–Trinajstić information content (AvgIpc) is 3.03. The lowest BCUT2D eigenvalue weighted by atomic mass is 9.84. The lowest BCUT2D eigenvalue weighted by molar-refractivity contribution is -0.141. The minimum atomic E-state index is -0.251. The number of morpholine rings is 1. The molecule has 132 valence electrons. The molecule has 0 spiro atoms. The Bertz CT molecular complexity index is 538. The maximum absolute atomic E-state index is 12.6. The zero-order chi connectivity index (χ0) is 16.8. The van der Waals surface area contributed by atoms with Crippen molar-refractivity contribution in [1.82, 2.24) is 15.0 Å². The molecule has 1 aliphatic carbocycles. The lowest BCUT2D eigenvalue weighted by Gasteiger charge is -2.33. The van der Waals surface area contributed by atoms with Crippen molar-refractivity contribution in [2.75, 3.05) is 51.3 Å². The van der Waals surface area contributed by atoms with Gasteiger partial charge in [0.05, 0.1) is 19.8 Å². The van der Waals surface area contributed by atoms with Crippen LogP contribution in [0.5, 0.6) is 0 Å². The monoisotopic (exact) mass is 336 g/mol. The fraction of sp³-hybridized carbons (Fsp3) is 0.688. The number of nitrogens with zero attached hydrogens (tertiary/aromatic N) is 3. The number of nitrogens with one attached hydrogen (secondary N) is 1. The maximum Gasteiger partial charge on any atom is 0.245 e. The molecule has 2 heterocycles. The van der Waals surface area contributed by atoms with E-state index in [1.807, 2.05) is 0 Å². The van der Waals surface area contributed by atoms with E-state index < -0.39 is 0 Å². The van der Waals surface area contributed by atoms with Crippen molar-refractivity contribution < 1.29 is 18.8 Å². The van der Waals surface area contributed by atoms with Crippen LogP contribution in [0, 0.1) is 5.92 Å². The summed E-state index contributed by atoms with van der Waals surface area (Å²) < 4.78 is 10.0. The van der Waals surface area contributed by atoms with E-state index in [4.69, 9.17) is 9.26 Å². The first-order valence-corrected chi connectivity index (χ1v) is 8.51. The van der Waals surface area contributed by atoms with E-state index in [9.17, 15) is 9.59 Å². The average molecular weight is 336 g/mol.